The molecule has 4 amide bonds. The van der Waals surface area contributed by atoms with Crippen molar-refractivity contribution in [1.82, 2.24) is 10.6 Å². The second-order valence-corrected chi connectivity index (χ2v) is 8.54. The number of imide groups is 1. The number of hydrogen-bond donors (Lipinski definition) is 2. The monoisotopic (exact) mass is 415 g/mol. The SMILES string of the molecule is O=C(NCc1ccccc1)NCc1ccc(N2C(=O)C3C4C=CC(CC4)C3C2=O)cc1. The van der Waals surface area contributed by atoms with Crippen LogP contribution in [0, 0.1) is 23.7 Å². The number of fused-ring (bicyclic) bond motifs is 1. The van der Waals surface area contributed by atoms with Gasteiger partial charge in [-0.3, -0.25) is 14.5 Å². The van der Waals surface area contributed by atoms with E-state index in [1.54, 1.807) is 12.1 Å². The van der Waals surface area contributed by atoms with Crippen LogP contribution in [0.2, 0.25) is 0 Å². The molecule has 1 saturated carbocycles. The number of allylic oxidation sites excluding steroid dienone is 2. The van der Waals surface area contributed by atoms with Crippen molar-refractivity contribution in [2.45, 2.75) is 25.9 Å². The minimum atomic E-state index is -0.245. The lowest BCUT2D eigenvalue weighted by Crippen LogP contribution is -2.38. The van der Waals surface area contributed by atoms with E-state index in [1.807, 2.05) is 42.5 Å². The Morgan fingerprint density at radius 1 is 0.774 bits per heavy atom. The van der Waals surface area contributed by atoms with Gasteiger partial charge in [0.15, 0.2) is 0 Å². The van der Waals surface area contributed by atoms with Crippen LogP contribution in [0.1, 0.15) is 24.0 Å². The molecule has 1 heterocycles. The van der Waals surface area contributed by atoms with Crippen molar-refractivity contribution in [3.8, 4) is 0 Å². The molecule has 4 atom stereocenters. The average Bonchev–Trinajstić information content (AvgIpc) is 3.10. The summed E-state index contributed by atoms with van der Waals surface area (Å²) in [5.41, 5.74) is 2.55. The number of hydrogen-bond acceptors (Lipinski definition) is 3. The highest BCUT2D eigenvalue weighted by Gasteiger charge is 2.56. The van der Waals surface area contributed by atoms with Crippen LogP contribution in [0.4, 0.5) is 10.5 Å². The van der Waals surface area contributed by atoms with Crippen LogP contribution in [0.15, 0.2) is 66.7 Å². The second kappa shape index (κ2) is 8.02. The molecule has 158 valence electrons. The third-order valence-electron chi connectivity index (χ3n) is 6.70. The van der Waals surface area contributed by atoms with Gasteiger partial charge in [0.05, 0.1) is 17.5 Å². The van der Waals surface area contributed by atoms with Gasteiger partial charge in [-0.1, -0.05) is 54.6 Å². The highest BCUT2D eigenvalue weighted by atomic mass is 16.2. The summed E-state index contributed by atoms with van der Waals surface area (Å²) >= 11 is 0. The highest BCUT2D eigenvalue weighted by Crippen LogP contribution is 2.50. The van der Waals surface area contributed by atoms with Gasteiger partial charge in [0.1, 0.15) is 0 Å². The minimum absolute atomic E-state index is 0.0692. The van der Waals surface area contributed by atoms with E-state index in [0.29, 0.717) is 18.8 Å². The maximum atomic E-state index is 13.0. The summed E-state index contributed by atoms with van der Waals surface area (Å²) in [6.07, 6.45) is 6.24. The highest BCUT2D eigenvalue weighted by molar-refractivity contribution is 6.22. The Labute approximate surface area is 181 Å². The molecular formula is C25H25N3O3. The number of benzene rings is 2. The molecule has 3 aliphatic carbocycles. The standard InChI is InChI=1S/C25H25N3O3/c29-23-21-18-8-9-19(11-10-18)22(21)24(30)28(23)20-12-6-17(7-13-20)15-27-25(31)26-14-16-4-2-1-3-5-16/h1-9,12-13,18-19,21-22H,10-11,14-15H2,(H2,26,27,31). The number of rotatable bonds is 5. The number of amides is 4. The topological polar surface area (TPSA) is 78.5 Å². The number of nitrogens with one attached hydrogen (secondary N) is 2. The third-order valence-corrected chi connectivity index (χ3v) is 6.70. The van der Waals surface area contributed by atoms with Gasteiger partial charge in [-0.2, -0.15) is 0 Å². The van der Waals surface area contributed by atoms with Gasteiger partial charge in [-0.05, 0) is 47.9 Å². The number of anilines is 1. The summed E-state index contributed by atoms with van der Waals surface area (Å²) in [6.45, 7) is 0.825. The van der Waals surface area contributed by atoms with Gasteiger partial charge >= 0.3 is 6.03 Å². The van der Waals surface area contributed by atoms with E-state index in [0.717, 1.165) is 24.0 Å². The zero-order chi connectivity index (χ0) is 21.4. The molecular weight excluding hydrogens is 390 g/mol. The minimum Gasteiger partial charge on any atom is -0.334 e. The van der Waals surface area contributed by atoms with Crippen molar-refractivity contribution in [3.63, 3.8) is 0 Å². The molecule has 2 N–H and O–H groups in total. The van der Waals surface area contributed by atoms with Gasteiger partial charge in [0.2, 0.25) is 11.8 Å². The molecule has 6 nitrogen and oxygen atoms in total. The van der Waals surface area contributed by atoms with Crippen molar-refractivity contribution in [3.05, 3.63) is 77.9 Å². The molecule has 1 aliphatic heterocycles. The van der Waals surface area contributed by atoms with E-state index in [4.69, 9.17) is 0 Å². The Morgan fingerprint density at radius 3 is 1.81 bits per heavy atom. The maximum Gasteiger partial charge on any atom is 0.315 e. The summed E-state index contributed by atoms with van der Waals surface area (Å²) in [5, 5.41) is 5.66. The largest absolute Gasteiger partial charge is 0.334 e. The Morgan fingerprint density at radius 2 is 1.29 bits per heavy atom. The van der Waals surface area contributed by atoms with Crippen LogP contribution >= 0.6 is 0 Å². The Bertz CT molecular complexity index is 1000. The number of nitrogens with zero attached hydrogens (tertiary/aromatic N) is 1. The summed E-state index contributed by atoms with van der Waals surface area (Å²) in [6, 6.07) is 16.8. The van der Waals surface area contributed by atoms with Crippen molar-refractivity contribution < 1.29 is 14.4 Å². The molecule has 4 aliphatic rings. The normalized spacial score (nSPS) is 26.1. The van der Waals surface area contributed by atoms with E-state index in [-0.39, 0.29) is 41.5 Å². The van der Waals surface area contributed by atoms with Crippen LogP contribution in [-0.2, 0) is 22.7 Å². The first-order valence-electron chi connectivity index (χ1n) is 10.8. The molecule has 2 bridgehead atoms. The first-order chi connectivity index (χ1) is 15.1. The molecule has 0 radical (unpaired) electrons. The van der Waals surface area contributed by atoms with Crippen molar-refractivity contribution in [2.75, 3.05) is 4.90 Å². The molecule has 0 spiro atoms. The van der Waals surface area contributed by atoms with E-state index in [2.05, 4.69) is 22.8 Å². The first-order valence-corrected chi connectivity index (χ1v) is 10.8. The van der Waals surface area contributed by atoms with Gasteiger partial charge in [0.25, 0.3) is 0 Å². The maximum absolute atomic E-state index is 13.0. The number of carbonyl (C=O) groups is 3. The van der Waals surface area contributed by atoms with Crippen LogP contribution in [0.5, 0.6) is 0 Å². The average molecular weight is 415 g/mol. The Hall–Kier alpha value is -3.41. The van der Waals surface area contributed by atoms with E-state index >= 15 is 0 Å². The molecule has 1 saturated heterocycles. The predicted molar refractivity (Wildman–Crippen MR) is 117 cm³/mol. The Kier molecular flexibility index (Phi) is 5.06. The smallest absolute Gasteiger partial charge is 0.315 e. The zero-order valence-corrected chi connectivity index (χ0v) is 17.2. The Balaban J connectivity index is 1.19. The molecule has 2 aromatic carbocycles. The van der Waals surface area contributed by atoms with Crippen molar-refractivity contribution in [1.29, 1.82) is 0 Å². The van der Waals surface area contributed by atoms with Gasteiger partial charge in [-0.25, -0.2) is 4.79 Å². The lowest BCUT2D eigenvalue weighted by Gasteiger charge is -2.38. The van der Waals surface area contributed by atoms with Gasteiger partial charge in [0, 0.05) is 13.1 Å². The summed E-state index contributed by atoms with van der Waals surface area (Å²) < 4.78 is 0. The summed E-state index contributed by atoms with van der Waals surface area (Å²) in [4.78, 5) is 39.5. The third kappa shape index (κ3) is 3.63. The van der Waals surface area contributed by atoms with Crippen molar-refractivity contribution >= 4 is 23.5 Å². The fourth-order valence-corrected chi connectivity index (χ4v) is 5.11. The molecule has 6 heteroatoms. The second-order valence-electron chi connectivity index (χ2n) is 8.54. The predicted octanol–water partition coefficient (Wildman–Crippen LogP) is 3.39. The number of carbonyl (C=O) groups excluding carboxylic acids is 3. The lowest BCUT2D eigenvalue weighted by molar-refractivity contribution is -0.124. The summed E-state index contributed by atoms with van der Waals surface area (Å²) in [5.74, 6) is -0.166. The molecule has 2 fully saturated rings. The van der Waals surface area contributed by atoms with E-state index in [9.17, 15) is 14.4 Å². The van der Waals surface area contributed by atoms with Gasteiger partial charge < -0.3 is 10.6 Å². The zero-order valence-electron chi connectivity index (χ0n) is 17.2. The van der Waals surface area contributed by atoms with Gasteiger partial charge in [-0.15, -0.1) is 0 Å². The molecule has 2 aromatic rings. The molecule has 4 unspecified atom stereocenters. The van der Waals surface area contributed by atoms with E-state index < -0.39 is 0 Å². The van der Waals surface area contributed by atoms with Crippen LogP contribution < -0.4 is 15.5 Å². The number of urea groups is 1. The lowest BCUT2D eigenvalue weighted by atomic mass is 9.63. The molecule has 6 rings (SSSR count). The first kappa shape index (κ1) is 19.5. The van der Waals surface area contributed by atoms with Crippen LogP contribution in [0.3, 0.4) is 0 Å². The fourth-order valence-electron chi connectivity index (χ4n) is 5.11. The van der Waals surface area contributed by atoms with Crippen molar-refractivity contribution in [2.24, 2.45) is 23.7 Å². The fraction of sp³-hybridized carbons (Fsp3) is 0.320. The van der Waals surface area contributed by atoms with Crippen LogP contribution in [-0.4, -0.2) is 17.8 Å². The quantitative estimate of drug-likeness (QED) is 0.580. The van der Waals surface area contributed by atoms with Crippen LogP contribution in [0.25, 0.3) is 0 Å². The summed E-state index contributed by atoms with van der Waals surface area (Å²) in [7, 11) is 0. The van der Waals surface area contributed by atoms with E-state index in [1.165, 1.54) is 4.90 Å². The molecule has 31 heavy (non-hydrogen) atoms. The molecule has 0 aromatic heterocycles.